The zero-order valence-electron chi connectivity index (χ0n) is 17.6. The summed E-state index contributed by atoms with van der Waals surface area (Å²) in [4.78, 5) is 11.0. The Balaban J connectivity index is 1.50. The Hall–Kier alpha value is -0.570. The molecular formula is C24H40O3. The van der Waals surface area contributed by atoms with Crippen molar-refractivity contribution in [1.82, 2.24) is 0 Å². The van der Waals surface area contributed by atoms with Crippen molar-refractivity contribution in [3.63, 3.8) is 0 Å². The van der Waals surface area contributed by atoms with Gasteiger partial charge in [0, 0.05) is 6.42 Å². The van der Waals surface area contributed by atoms with E-state index in [-0.39, 0.29) is 6.10 Å². The first-order chi connectivity index (χ1) is 12.8. The zero-order valence-corrected chi connectivity index (χ0v) is 17.6. The Bertz CT molecular complexity index is 560. The average Bonchev–Trinajstić information content (AvgIpc) is 3.05. The summed E-state index contributed by atoms with van der Waals surface area (Å²) in [5, 5.41) is 20.3. The van der Waals surface area contributed by atoms with Crippen molar-refractivity contribution in [2.24, 2.45) is 52.8 Å². The summed E-state index contributed by atoms with van der Waals surface area (Å²) in [5.74, 6) is 4.72. The fourth-order valence-electron chi connectivity index (χ4n) is 8.43. The summed E-state index contributed by atoms with van der Waals surface area (Å²) in [6.45, 7) is 7.24. The molecule has 0 saturated heterocycles. The van der Waals surface area contributed by atoms with E-state index in [9.17, 15) is 9.90 Å². The molecule has 4 aliphatic carbocycles. The highest BCUT2D eigenvalue weighted by Gasteiger charge is 2.59. The van der Waals surface area contributed by atoms with Gasteiger partial charge in [-0.15, -0.1) is 0 Å². The molecule has 4 aliphatic rings. The fourth-order valence-corrected chi connectivity index (χ4v) is 8.43. The Morgan fingerprint density at radius 1 is 1.11 bits per heavy atom. The molecule has 3 nitrogen and oxygen atoms in total. The molecule has 4 fully saturated rings. The van der Waals surface area contributed by atoms with Gasteiger partial charge in [-0.2, -0.15) is 0 Å². The van der Waals surface area contributed by atoms with Gasteiger partial charge in [0.25, 0.3) is 0 Å². The number of aliphatic carboxylic acids is 1. The zero-order chi connectivity index (χ0) is 19.3. The van der Waals surface area contributed by atoms with E-state index in [4.69, 9.17) is 5.11 Å². The Morgan fingerprint density at radius 2 is 1.85 bits per heavy atom. The molecule has 0 heterocycles. The predicted molar refractivity (Wildman–Crippen MR) is 107 cm³/mol. The maximum Gasteiger partial charge on any atom is 0.303 e. The van der Waals surface area contributed by atoms with Crippen LogP contribution in [0.2, 0.25) is 0 Å². The number of hydrogen-bond donors (Lipinski definition) is 2. The summed E-state index contributed by atoms with van der Waals surface area (Å²) < 4.78 is 0. The second-order valence-corrected chi connectivity index (χ2v) is 11.1. The first kappa shape index (κ1) is 19.7. The normalized spacial score (nSPS) is 50.4. The molecule has 3 heteroatoms. The lowest BCUT2D eigenvalue weighted by atomic mass is 9.45. The standard InChI is InChI=1S/C24H40O3/c1-14-10-11-24(3)16(12-14)13-21(25)23-19-6-5-17(15(2)4-9-22(26)27)18(19)7-8-20(23)24/h14-21,23,25H,4-13H2,1-3H3,(H,26,27)/t14-,15-,16?,17-,18?,19-,20+,21?,23?,24?/m1/s1. The monoisotopic (exact) mass is 376 g/mol. The van der Waals surface area contributed by atoms with Gasteiger partial charge in [0.15, 0.2) is 0 Å². The number of aliphatic hydroxyl groups is 1. The summed E-state index contributed by atoms with van der Waals surface area (Å²) in [7, 11) is 0. The molecule has 0 aromatic heterocycles. The third-order valence-electron chi connectivity index (χ3n) is 9.86. The number of hydrogen-bond acceptors (Lipinski definition) is 2. The smallest absolute Gasteiger partial charge is 0.303 e. The van der Waals surface area contributed by atoms with Gasteiger partial charge in [-0.05, 0) is 104 Å². The van der Waals surface area contributed by atoms with E-state index in [1.165, 1.54) is 44.9 Å². The van der Waals surface area contributed by atoms with Crippen LogP contribution in [0.1, 0.15) is 85.0 Å². The van der Waals surface area contributed by atoms with Crippen LogP contribution in [-0.4, -0.2) is 22.3 Å². The average molecular weight is 377 g/mol. The van der Waals surface area contributed by atoms with Crippen molar-refractivity contribution < 1.29 is 15.0 Å². The van der Waals surface area contributed by atoms with E-state index in [1.807, 2.05) is 0 Å². The second-order valence-electron chi connectivity index (χ2n) is 11.1. The molecule has 27 heavy (non-hydrogen) atoms. The molecule has 0 aromatic carbocycles. The summed E-state index contributed by atoms with van der Waals surface area (Å²) in [6, 6.07) is 0. The topological polar surface area (TPSA) is 57.5 Å². The quantitative estimate of drug-likeness (QED) is 0.694. The van der Waals surface area contributed by atoms with Crippen molar-refractivity contribution in [3.05, 3.63) is 0 Å². The molecule has 0 amide bonds. The number of rotatable bonds is 4. The number of carboxylic acid groups (broad SMARTS) is 1. The van der Waals surface area contributed by atoms with Gasteiger partial charge in [0.2, 0.25) is 0 Å². The van der Waals surface area contributed by atoms with E-state index >= 15 is 0 Å². The van der Waals surface area contributed by atoms with Crippen LogP contribution in [0.15, 0.2) is 0 Å². The Morgan fingerprint density at radius 3 is 2.59 bits per heavy atom. The molecule has 0 radical (unpaired) electrons. The highest BCUT2D eigenvalue weighted by atomic mass is 16.4. The van der Waals surface area contributed by atoms with E-state index in [0.717, 1.165) is 30.6 Å². The van der Waals surface area contributed by atoms with Crippen LogP contribution < -0.4 is 0 Å². The van der Waals surface area contributed by atoms with Gasteiger partial charge in [-0.3, -0.25) is 4.79 Å². The van der Waals surface area contributed by atoms with Gasteiger partial charge in [-0.25, -0.2) is 0 Å². The van der Waals surface area contributed by atoms with Crippen LogP contribution >= 0.6 is 0 Å². The lowest BCUT2D eigenvalue weighted by Crippen LogP contribution is -2.56. The first-order valence-corrected chi connectivity index (χ1v) is 11.7. The van der Waals surface area contributed by atoms with E-state index < -0.39 is 5.97 Å². The molecule has 2 N–H and O–H groups in total. The fraction of sp³-hybridized carbons (Fsp3) is 0.958. The van der Waals surface area contributed by atoms with Gasteiger partial charge in [-0.1, -0.05) is 27.2 Å². The molecule has 0 aliphatic heterocycles. The number of carbonyl (C=O) groups is 1. The van der Waals surface area contributed by atoms with Gasteiger partial charge < -0.3 is 10.2 Å². The number of fused-ring (bicyclic) bond motifs is 5. The minimum Gasteiger partial charge on any atom is -0.481 e. The van der Waals surface area contributed by atoms with Gasteiger partial charge in [0.05, 0.1) is 6.10 Å². The van der Waals surface area contributed by atoms with Crippen LogP contribution in [0.25, 0.3) is 0 Å². The van der Waals surface area contributed by atoms with E-state index in [1.54, 1.807) is 0 Å². The maximum absolute atomic E-state index is 11.2. The van der Waals surface area contributed by atoms with E-state index in [2.05, 4.69) is 20.8 Å². The Kier molecular flexibility index (Phi) is 5.37. The van der Waals surface area contributed by atoms with Crippen LogP contribution in [0.4, 0.5) is 0 Å². The molecule has 0 bridgehead atoms. The lowest BCUT2D eigenvalue weighted by Gasteiger charge is -2.60. The summed E-state index contributed by atoms with van der Waals surface area (Å²) >= 11 is 0. The first-order valence-electron chi connectivity index (χ1n) is 11.7. The molecule has 4 rings (SSSR count). The molecule has 5 unspecified atom stereocenters. The molecule has 0 spiro atoms. The molecule has 10 atom stereocenters. The second kappa shape index (κ2) is 7.35. The van der Waals surface area contributed by atoms with Crippen LogP contribution in [0, 0.1) is 52.8 Å². The summed E-state index contributed by atoms with van der Waals surface area (Å²) in [6.07, 6.45) is 11.2. The highest BCUT2D eigenvalue weighted by molar-refractivity contribution is 5.66. The lowest BCUT2D eigenvalue weighted by molar-refractivity contribution is -0.151. The van der Waals surface area contributed by atoms with Crippen molar-refractivity contribution in [1.29, 1.82) is 0 Å². The van der Waals surface area contributed by atoms with Crippen molar-refractivity contribution >= 4 is 5.97 Å². The SMILES string of the molecule is C[C@@H]1CCC2(C)C(CC(O)C3[C@@H]4CC[C@H]([C@H](C)CCC(=O)O)C4CC[C@@H]32)C1. The minimum atomic E-state index is -0.659. The van der Waals surface area contributed by atoms with Crippen molar-refractivity contribution in [2.75, 3.05) is 0 Å². The van der Waals surface area contributed by atoms with Crippen LogP contribution in [-0.2, 0) is 4.79 Å². The summed E-state index contributed by atoms with van der Waals surface area (Å²) in [5.41, 5.74) is 0.453. The van der Waals surface area contributed by atoms with Gasteiger partial charge in [0.1, 0.15) is 0 Å². The molecule has 154 valence electrons. The number of aliphatic hydroxyl groups excluding tert-OH is 1. The third-order valence-corrected chi connectivity index (χ3v) is 9.86. The largest absolute Gasteiger partial charge is 0.481 e. The highest BCUT2D eigenvalue weighted by Crippen LogP contribution is 2.64. The maximum atomic E-state index is 11.2. The molecular weight excluding hydrogens is 336 g/mol. The number of carboxylic acids is 1. The molecule has 4 saturated carbocycles. The minimum absolute atomic E-state index is 0.0979. The van der Waals surface area contributed by atoms with Crippen molar-refractivity contribution in [3.8, 4) is 0 Å². The van der Waals surface area contributed by atoms with Gasteiger partial charge >= 0.3 is 5.97 Å². The predicted octanol–water partition coefficient (Wildman–Crippen LogP) is 5.36. The van der Waals surface area contributed by atoms with E-state index in [0.29, 0.717) is 41.4 Å². The van der Waals surface area contributed by atoms with Crippen molar-refractivity contribution in [2.45, 2.75) is 91.1 Å². The third kappa shape index (κ3) is 3.36. The van der Waals surface area contributed by atoms with Crippen LogP contribution in [0.5, 0.6) is 0 Å². The van der Waals surface area contributed by atoms with Crippen LogP contribution in [0.3, 0.4) is 0 Å². The molecule has 0 aromatic rings. The Labute approximate surface area is 165 Å².